The van der Waals surface area contributed by atoms with E-state index >= 15 is 0 Å². The Kier molecular flexibility index (Phi) is 14.2. The van der Waals surface area contributed by atoms with Gasteiger partial charge in [0.2, 0.25) is 0 Å². The zero-order valence-corrected chi connectivity index (χ0v) is 32.5. The van der Waals surface area contributed by atoms with Gasteiger partial charge in [-0.3, -0.25) is 33.6 Å². The number of hydrogen-bond acceptors (Lipinski definition) is 8. The van der Waals surface area contributed by atoms with E-state index in [-0.39, 0.29) is 52.1 Å². The fraction of sp³-hybridized carbons (Fsp3) is 0.293. The van der Waals surface area contributed by atoms with Gasteiger partial charge in [0, 0.05) is 42.9 Å². The summed E-state index contributed by atoms with van der Waals surface area (Å²) in [6.07, 6.45) is 8.65. The van der Waals surface area contributed by atoms with Crippen molar-refractivity contribution in [2.75, 3.05) is 17.2 Å². The highest BCUT2D eigenvalue weighted by atomic mass is 19.2. The van der Waals surface area contributed by atoms with Crippen LogP contribution in [0.1, 0.15) is 95.5 Å². The molecule has 14 nitrogen and oxygen atoms in total. The molecule has 0 aliphatic heterocycles. The number of Topliss-reactive ketones (excluding diaryl/α,β-unsaturated/α-hetero) is 2. The minimum absolute atomic E-state index is 0.0627. The highest BCUT2D eigenvalue weighted by molar-refractivity contribution is 6.44. The lowest BCUT2D eigenvalue weighted by atomic mass is 10.0. The highest BCUT2D eigenvalue weighted by Gasteiger charge is 2.30. The van der Waals surface area contributed by atoms with Gasteiger partial charge in [0.15, 0.2) is 11.6 Å². The predicted octanol–water partition coefficient (Wildman–Crippen LogP) is 5.18. The van der Waals surface area contributed by atoms with E-state index in [1.807, 2.05) is 0 Å². The van der Waals surface area contributed by atoms with Crippen LogP contribution in [0.2, 0.25) is 0 Å². The molecule has 0 spiro atoms. The van der Waals surface area contributed by atoms with Gasteiger partial charge in [-0.15, -0.1) is 6.42 Å². The Labute approximate surface area is 331 Å². The summed E-state index contributed by atoms with van der Waals surface area (Å²) in [5.41, 5.74) is 4.26. The predicted molar refractivity (Wildman–Crippen MR) is 205 cm³/mol. The topological polar surface area (TPSA) is 193 Å². The third kappa shape index (κ3) is 9.51. The molecule has 2 aromatic heterocycles. The van der Waals surface area contributed by atoms with Gasteiger partial charge >= 0.3 is 5.91 Å². The second kappa shape index (κ2) is 18.8. The first-order valence-electron chi connectivity index (χ1n) is 17.8. The summed E-state index contributed by atoms with van der Waals surface area (Å²) in [7, 11) is 3.16. The van der Waals surface area contributed by atoms with E-state index < -0.39 is 52.6 Å². The number of aromatic nitrogens is 2. The molecule has 1 fully saturated rings. The van der Waals surface area contributed by atoms with Crippen molar-refractivity contribution < 1.29 is 46.8 Å². The average molecular weight is 800 g/mol. The quantitative estimate of drug-likeness (QED) is 0.0690. The molecule has 4 amide bonds. The van der Waals surface area contributed by atoms with Crippen LogP contribution in [0.5, 0.6) is 0 Å². The number of nitriles is 1. The molecule has 0 atom stereocenters. The molecule has 0 bridgehead atoms. The van der Waals surface area contributed by atoms with Crippen LogP contribution in [-0.2, 0) is 28.5 Å². The number of benzene rings is 2. The van der Waals surface area contributed by atoms with Crippen molar-refractivity contribution >= 4 is 46.6 Å². The minimum atomic E-state index is -1.10. The maximum Gasteiger partial charge on any atom is 0.315 e. The summed E-state index contributed by atoms with van der Waals surface area (Å²) in [5.74, 6) is -5.19. The van der Waals surface area contributed by atoms with E-state index in [2.05, 4.69) is 27.4 Å². The van der Waals surface area contributed by atoms with Gasteiger partial charge in [-0.05, 0) is 82.0 Å². The number of rotatable bonds is 11. The summed E-state index contributed by atoms with van der Waals surface area (Å²) in [6, 6.07) is 8.27. The summed E-state index contributed by atoms with van der Waals surface area (Å²) in [5, 5.41) is 16.2. The normalized spacial score (nSPS) is 12.1. The number of ketones is 2. The number of hydroxylamine groups is 1. The molecule has 58 heavy (non-hydrogen) atoms. The number of nitrogens with one attached hydrogen (secondary N) is 4. The fourth-order valence-corrected chi connectivity index (χ4v) is 6.54. The standard InChI is InChI=1S/C21H23F2N3O4.C20H17FN4O3/c1-11-17(19(27)21(29)25-30-14-6-4-5-7-14)12(2)26(3)18(11)20(28)24-13-8-9-15(22)16(23)10-13;1-5-8-23-20(28)18(26)16-11(2)17(25(4)12(16)3)19(27)24-14-6-7-15(21)13(9-14)10-22/h8-10,14H,4-7H2,1-3H3,(H,24,28)(H,25,29);1,6-7,9H,8H2,2-4H3,(H,23,28)(H,24,27). The van der Waals surface area contributed by atoms with Gasteiger partial charge in [0.25, 0.3) is 29.3 Å². The molecule has 2 aromatic carbocycles. The molecule has 2 heterocycles. The lowest BCUT2D eigenvalue weighted by Crippen LogP contribution is -2.34. The zero-order valence-electron chi connectivity index (χ0n) is 32.5. The lowest BCUT2D eigenvalue weighted by molar-refractivity contribution is -0.133. The van der Waals surface area contributed by atoms with Crippen molar-refractivity contribution in [3.8, 4) is 18.4 Å². The number of nitrogens with zero attached hydrogens (tertiary/aromatic N) is 3. The van der Waals surface area contributed by atoms with E-state index in [0.717, 1.165) is 43.9 Å². The maximum absolute atomic E-state index is 13.4. The van der Waals surface area contributed by atoms with Crippen molar-refractivity contribution in [2.24, 2.45) is 14.1 Å². The molecule has 302 valence electrons. The molecule has 1 aliphatic rings. The summed E-state index contributed by atoms with van der Waals surface area (Å²) in [4.78, 5) is 80.1. The second-order valence-corrected chi connectivity index (χ2v) is 13.3. The van der Waals surface area contributed by atoms with Crippen molar-refractivity contribution in [3.63, 3.8) is 0 Å². The van der Waals surface area contributed by atoms with Crippen molar-refractivity contribution in [1.29, 1.82) is 5.26 Å². The number of anilines is 2. The molecule has 0 radical (unpaired) electrons. The first-order valence-corrected chi connectivity index (χ1v) is 17.8. The summed E-state index contributed by atoms with van der Waals surface area (Å²) < 4.78 is 42.9. The molecule has 4 N–H and O–H groups in total. The second-order valence-electron chi connectivity index (χ2n) is 13.3. The number of carbonyl (C=O) groups is 6. The Balaban J connectivity index is 0.000000257. The Morgan fingerprint density at radius 1 is 0.759 bits per heavy atom. The highest BCUT2D eigenvalue weighted by Crippen LogP contribution is 2.26. The van der Waals surface area contributed by atoms with E-state index in [4.69, 9.17) is 16.5 Å². The van der Waals surface area contributed by atoms with Gasteiger partial charge in [0.1, 0.15) is 23.3 Å². The van der Waals surface area contributed by atoms with Crippen LogP contribution in [0.4, 0.5) is 24.5 Å². The Bertz CT molecular complexity index is 2410. The van der Waals surface area contributed by atoms with E-state index in [9.17, 15) is 41.9 Å². The largest absolute Gasteiger partial charge is 0.343 e. The molecule has 1 saturated carbocycles. The molecule has 4 aromatic rings. The third-order valence-electron chi connectivity index (χ3n) is 9.65. The third-order valence-corrected chi connectivity index (χ3v) is 9.65. The zero-order chi connectivity index (χ0) is 43.0. The van der Waals surface area contributed by atoms with Crippen LogP contribution in [-0.4, -0.2) is 57.0 Å². The van der Waals surface area contributed by atoms with Crippen molar-refractivity contribution in [3.05, 3.63) is 104 Å². The summed E-state index contributed by atoms with van der Waals surface area (Å²) >= 11 is 0. The number of halogens is 3. The first-order chi connectivity index (χ1) is 27.4. The van der Waals surface area contributed by atoms with E-state index in [1.54, 1.807) is 47.9 Å². The fourth-order valence-electron chi connectivity index (χ4n) is 6.54. The Hall–Kier alpha value is -6.98. The minimum Gasteiger partial charge on any atom is -0.343 e. The van der Waals surface area contributed by atoms with E-state index in [0.29, 0.717) is 22.5 Å². The first kappa shape index (κ1) is 43.7. The number of hydrogen-bond donors (Lipinski definition) is 4. The van der Waals surface area contributed by atoms with Gasteiger partial charge in [0.05, 0.1) is 29.3 Å². The van der Waals surface area contributed by atoms with Gasteiger partial charge in [-0.25, -0.2) is 18.7 Å². The number of amides is 4. The van der Waals surface area contributed by atoms with Crippen LogP contribution < -0.4 is 21.4 Å². The Morgan fingerprint density at radius 3 is 1.72 bits per heavy atom. The van der Waals surface area contributed by atoms with Crippen molar-refractivity contribution in [2.45, 2.75) is 59.5 Å². The molecule has 5 rings (SSSR count). The van der Waals surface area contributed by atoms with Crippen LogP contribution in [0.3, 0.4) is 0 Å². The maximum atomic E-state index is 13.4. The van der Waals surface area contributed by atoms with Gasteiger partial charge in [-0.1, -0.05) is 18.8 Å². The summed E-state index contributed by atoms with van der Waals surface area (Å²) in [6.45, 7) is 6.23. The van der Waals surface area contributed by atoms with E-state index in [1.165, 1.54) is 27.3 Å². The number of terminal acetylenes is 1. The van der Waals surface area contributed by atoms with Crippen LogP contribution >= 0.6 is 0 Å². The SMILES string of the molecule is C#CCNC(=O)C(=O)c1c(C)c(C(=O)Nc2ccc(F)c(C#N)c2)n(C)c1C.Cc1c(C(=O)C(=O)NOC2CCCC2)c(C)n(C)c1C(=O)Nc1ccc(F)c(F)c1. The van der Waals surface area contributed by atoms with Gasteiger partial charge < -0.3 is 25.1 Å². The Morgan fingerprint density at radius 2 is 1.24 bits per heavy atom. The smallest absolute Gasteiger partial charge is 0.315 e. The molecule has 17 heteroatoms. The number of carbonyl (C=O) groups excluding carboxylic acids is 6. The monoisotopic (exact) mass is 799 g/mol. The molecule has 0 saturated heterocycles. The van der Waals surface area contributed by atoms with Gasteiger partial charge in [-0.2, -0.15) is 5.26 Å². The molecule has 0 unspecified atom stereocenters. The lowest BCUT2D eigenvalue weighted by Gasteiger charge is -2.11. The van der Waals surface area contributed by atoms with Crippen molar-refractivity contribution in [1.82, 2.24) is 19.9 Å². The van der Waals surface area contributed by atoms with Crippen LogP contribution in [0.25, 0.3) is 0 Å². The van der Waals surface area contributed by atoms with Crippen LogP contribution in [0.15, 0.2) is 36.4 Å². The van der Waals surface area contributed by atoms with Crippen LogP contribution in [0, 0.1) is 68.8 Å². The molecule has 1 aliphatic carbocycles. The molecular formula is C41H40F3N7O7. The average Bonchev–Trinajstić information content (AvgIpc) is 3.85. The molecular weight excluding hydrogens is 759 g/mol.